The summed E-state index contributed by atoms with van der Waals surface area (Å²) < 4.78 is 5.50. The third-order valence-corrected chi connectivity index (χ3v) is 3.41. The second-order valence-electron chi connectivity index (χ2n) is 5.11. The first-order valence-corrected chi connectivity index (χ1v) is 7.39. The molecule has 1 atom stereocenters. The average molecular weight is 285 g/mol. The number of nitrogens with one attached hydrogen (secondary N) is 1. The second-order valence-corrected chi connectivity index (χ2v) is 5.11. The van der Waals surface area contributed by atoms with Gasteiger partial charge in [-0.2, -0.15) is 0 Å². The summed E-state index contributed by atoms with van der Waals surface area (Å²) in [5.74, 6) is 0.781. The van der Waals surface area contributed by atoms with Crippen molar-refractivity contribution < 1.29 is 9.84 Å². The van der Waals surface area contributed by atoms with Crippen LogP contribution in [0.1, 0.15) is 30.1 Å². The molecular weight excluding hydrogens is 262 g/mol. The van der Waals surface area contributed by atoms with Crippen LogP contribution in [0.15, 0.2) is 54.6 Å². The van der Waals surface area contributed by atoms with Crippen LogP contribution in [0.5, 0.6) is 5.75 Å². The fraction of sp³-hybridized carbons (Fsp3) is 0.333. The van der Waals surface area contributed by atoms with Crippen LogP contribution in [0.25, 0.3) is 0 Å². The third kappa shape index (κ3) is 5.21. The van der Waals surface area contributed by atoms with Gasteiger partial charge >= 0.3 is 0 Å². The molecule has 0 radical (unpaired) electrons. The van der Waals surface area contributed by atoms with Crippen molar-refractivity contribution in [2.45, 2.75) is 25.4 Å². The molecule has 0 aliphatic heterocycles. The number of aliphatic hydroxyl groups excluding tert-OH is 1. The Morgan fingerprint density at radius 3 is 2.67 bits per heavy atom. The molecule has 1 unspecified atom stereocenters. The first kappa shape index (κ1) is 15.5. The largest absolute Gasteiger partial charge is 0.478 e. The highest BCUT2D eigenvalue weighted by Gasteiger charge is 2.08. The van der Waals surface area contributed by atoms with Gasteiger partial charge < -0.3 is 9.84 Å². The molecule has 3 heteroatoms. The molecule has 0 fully saturated rings. The zero-order valence-corrected chi connectivity index (χ0v) is 12.5. The fourth-order valence-corrected chi connectivity index (χ4v) is 2.28. The first-order valence-electron chi connectivity index (χ1n) is 7.39. The monoisotopic (exact) mass is 285 g/mol. The molecule has 2 rings (SSSR count). The summed E-state index contributed by atoms with van der Waals surface area (Å²) in [6.45, 7) is 0.466. The Balaban J connectivity index is 1.83. The molecule has 0 saturated heterocycles. The molecule has 0 aromatic heterocycles. The minimum absolute atomic E-state index is 0.438. The van der Waals surface area contributed by atoms with Crippen LogP contribution in [0.2, 0.25) is 0 Å². The van der Waals surface area contributed by atoms with Gasteiger partial charge in [0.15, 0.2) is 0 Å². The molecule has 0 heterocycles. The SMILES string of the molecule is CNCOc1cccc(C(O)CCCc2ccccc2)c1. The van der Waals surface area contributed by atoms with E-state index in [0.29, 0.717) is 6.73 Å². The van der Waals surface area contributed by atoms with Crippen LogP contribution < -0.4 is 10.1 Å². The molecule has 2 aromatic carbocycles. The summed E-state index contributed by atoms with van der Waals surface area (Å²) in [6, 6.07) is 18.0. The van der Waals surface area contributed by atoms with Gasteiger partial charge in [-0.05, 0) is 49.6 Å². The number of ether oxygens (including phenoxy) is 1. The van der Waals surface area contributed by atoms with Crippen molar-refractivity contribution in [1.29, 1.82) is 0 Å². The van der Waals surface area contributed by atoms with Crippen molar-refractivity contribution >= 4 is 0 Å². The van der Waals surface area contributed by atoms with Crippen LogP contribution in [-0.2, 0) is 6.42 Å². The van der Waals surface area contributed by atoms with E-state index in [2.05, 4.69) is 17.4 Å². The van der Waals surface area contributed by atoms with E-state index in [9.17, 15) is 5.11 Å². The lowest BCUT2D eigenvalue weighted by Gasteiger charge is -2.13. The van der Waals surface area contributed by atoms with E-state index >= 15 is 0 Å². The van der Waals surface area contributed by atoms with Crippen molar-refractivity contribution in [3.05, 3.63) is 65.7 Å². The topological polar surface area (TPSA) is 41.5 Å². The molecular formula is C18H23NO2. The number of aliphatic hydroxyl groups is 1. The van der Waals surface area contributed by atoms with Crippen LogP contribution >= 0.6 is 0 Å². The van der Waals surface area contributed by atoms with Crippen LogP contribution in [0, 0.1) is 0 Å². The van der Waals surface area contributed by atoms with Gasteiger partial charge in [0.25, 0.3) is 0 Å². The molecule has 0 aliphatic rings. The molecule has 21 heavy (non-hydrogen) atoms. The second kappa shape index (κ2) is 8.45. The summed E-state index contributed by atoms with van der Waals surface area (Å²) in [6.07, 6.45) is 2.28. The van der Waals surface area contributed by atoms with Gasteiger partial charge in [0, 0.05) is 0 Å². The minimum Gasteiger partial charge on any atom is -0.478 e. The van der Waals surface area contributed by atoms with Gasteiger partial charge in [0.1, 0.15) is 12.5 Å². The molecule has 0 saturated carbocycles. The summed E-state index contributed by atoms with van der Waals surface area (Å²) in [5.41, 5.74) is 2.23. The minimum atomic E-state index is -0.438. The van der Waals surface area contributed by atoms with E-state index in [1.807, 2.05) is 49.5 Å². The van der Waals surface area contributed by atoms with E-state index in [1.54, 1.807) is 0 Å². The Morgan fingerprint density at radius 1 is 1.10 bits per heavy atom. The lowest BCUT2D eigenvalue weighted by atomic mass is 10.0. The van der Waals surface area contributed by atoms with E-state index < -0.39 is 6.10 Å². The fourth-order valence-electron chi connectivity index (χ4n) is 2.28. The van der Waals surface area contributed by atoms with Crippen molar-refractivity contribution in [3.63, 3.8) is 0 Å². The van der Waals surface area contributed by atoms with Gasteiger partial charge in [-0.25, -0.2) is 0 Å². The molecule has 2 aromatic rings. The normalized spacial score (nSPS) is 12.1. The highest BCUT2D eigenvalue weighted by Crippen LogP contribution is 2.23. The van der Waals surface area contributed by atoms with Crippen LogP contribution in [0.4, 0.5) is 0 Å². The lowest BCUT2D eigenvalue weighted by Crippen LogP contribution is -2.14. The third-order valence-electron chi connectivity index (χ3n) is 3.41. The molecule has 0 amide bonds. The quantitative estimate of drug-likeness (QED) is 0.731. The Kier molecular flexibility index (Phi) is 6.25. The van der Waals surface area contributed by atoms with Crippen LogP contribution in [-0.4, -0.2) is 18.9 Å². The Morgan fingerprint density at radius 2 is 1.90 bits per heavy atom. The summed E-state index contributed by atoms with van der Waals surface area (Å²) >= 11 is 0. The van der Waals surface area contributed by atoms with E-state index in [1.165, 1.54) is 5.56 Å². The maximum atomic E-state index is 10.3. The van der Waals surface area contributed by atoms with Gasteiger partial charge in [-0.3, -0.25) is 5.32 Å². The molecule has 0 bridgehead atoms. The van der Waals surface area contributed by atoms with Crippen molar-refractivity contribution in [2.75, 3.05) is 13.8 Å². The molecule has 112 valence electrons. The number of rotatable bonds is 8. The summed E-state index contributed by atoms with van der Waals surface area (Å²) in [4.78, 5) is 0. The number of hydrogen-bond donors (Lipinski definition) is 2. The standard InChI is InChI=1S/C18H23NO2/c1-19-14-21-17-11-6-10-16(13-17)18(20)12-5-9-15-7-3-2-4-8-15/h2-4,6-8,10-11,13,18-20H,5,9,12,14H2,1H3. The van der Waals surface area contributed by atoms with E-state index in [-0.39, 0.29) is 0 Å². The van der Waals surface area contributed by atoms with Crippen molar-refractivity contribution in [2.24, 2.45) is 0 Å². The maximum Gasteiger partial charge on any atom is 0.139 e. The van der Waals surface area contributed by atoms with E-state index in [4.69, 9.17) is 4.74 Å². The van der Waals surface area contributed by atoms with Crippen molar-refractivity contribution in [3.8, 4) is 5.75 Å². The lowest BCUT2D eigenvalue weighted by molar-refractivity contribution is 0.164. The number of benzene rings is 2. The highest BCUT2D eigenvalue weighted by atomic mass is 16.5. The smallest absolute Gasteiger partial charge is 0.139 e. The predicted octanol–water partition coefficient (Wildman–Crippen LogP) is 3.30. The molecule has 3 nitrogen and oxygen atoms in total. The highest BCUT2D eigenvalue weighted by molar-refractivity contribution is 5.29. The zero-order chi connectivity index (χ0) is 14.9. The average Bonchev–Trinajstić information content (AvgIpc) is 2.54. The zero-order valence-electron chi connectivity index (χ0n) is 12.5. The number of hydrogen-bond acceptors (Lipinski definition) is 3. The Hall–Kier alpha value is -1.84. The summed E-state index contributed by atoms with van der Waals surface area (Å²) in [7, 11) is 1.84. The Bertz CT molecular complexity index is 528. The molecule has 0 aliphatic carbocycles. The maximum absolute atomic E-state index is 10.3. The number of aryl methyl sites for hydroxylation is 1. The molecule has 0 spiro atoms. The predicted molar refractivity (Wildman–Crippen MR) is 85.3 cm³/mol. The van der Waals surface area contributed by atoms with Crippen LogP contribution in [0.3, 0.4) is 0 Å². The molecule has 2 N–H and O–H groups in total. The van der Waals surface area contributed by atoms with Gasteiger partial charge in [0.2, 0.25) is 0 Å². The first-order chi connectivity index (χ1) is 10.3. The van der Waals surface area contributed by atoms with Gasteiger partial charge in [-0.1, -0.05) is 42.5 Å². The van der Waals surface area contributed by atoms with Crippen molar-refractivity contribution in [1.82, 2.24) is 5.32 Å². The van der Waals surface area contributed by atoms with Gasteiger partial charge in [0.05, 0.1) is 6.10 Å². The van der Waals surface area contributed by atoms with Gasteiger partial charge in [-0.15, -0.1) is 0 Å². The Labute approximate surface area is 126 Å². The summed E-state index contributed by atoms with van der Waals surface area (Å²) in [5, 5.41) is 13.2. The van der Waals surface area contributed by atoms with E-state index in [0.717, 1.165) is 30.6 Å².